The lowest BCUT2D eigenvalue weighted by molar-refractivity contribution is -0.216. The van der Waals surface area contributed by atoms with E-state index in [2.05, 4.69) is 139 Å². The predicted octanol–water partition coefficient (Wildman–Crippen LogP) is 12.6. The van der Waals surface area contributed by atoms with Gasteiger partial charge in [0.2, 0.25) is 0 Å². The van der Waals surface area contributed by atoms with Gasteiger partial charge in [-0.1, -0.05) is 63.6 Å². The van der Waals surface area contributed by atoms with E-state index < -0.39 is 24.3 Å². The molecule has 0 fully saturated rings. The number of unbranched alkanes of at least 4 members (excludes halogenated alkanes) is 6. The molecular weight excluding hydrogens is 652 g/mol. The van der Waals surface area contributed by atoms with Crippen LogP contribution in [0.2, 0.25) is 0 Å². The molecule has 0 aliphatic carbocycles. The molecule has 1 rings (SSSR count). The van der Waals surface area contributed by atoms with Crippen LogP contribution in [0.15, 0.2) is 173 Å². The molecule has 0 heterocycles. The zero-order valence-corrected chi connectivity index (χ0v) is 33.3. The first-order valence-corrected chi connectivity index (χ1v) is 16.0. The van der Waals surface area contributed by atoms with E-state index in [1.807, 2.05) is 0 Å². The topological polar surface area (TPSA) is 96.0 Å². The van der Waals surface area contributed by atoms with Gasteiger partial charge in [0, 0.05) is 6.42 Å². The Morgan fingerprint density at radius 3 is 1.27 bits per heavy atom. The molecule has 1 aromatic carbocycles. The summed E-state index contributed by atoms with van der Waals surface area (Å²) >= 11 is 0. The second-order valence-corrected chi connectivity index (χ2v) is 7.62. The third-order valence-corrected chi connectivity index (χ3v) is 4.83. The van der Waals surface area contributed by atoms with Crippen LogP contribution in [0.1, 0.15) is 72.1 Å². The molecule has 0 aliphatic rings. The zero-order valence-electron chi connectivity index (χ0n) is 33.3. The summed E-state index contributed by atoms with van der Waals surface area (Å²) in [5.41, 5.74) is -0.509. The summed E-state index contributed by atoms with van der Waals surface area (Å²) in [5.74, 6) is -0.0822. The molecule has 52 heavy (non-hydrogen) atoms. The Hall–Kier alpha value is -5.74. The Morgan fingerprint density at radius 1 is 0.558 bits per heavy atom. The van der Waals surface area contributed by atoms with Gasteiger partial charge in [-0.2, -0.15) is 0 Å². The monoisotopic (exact) mass is 725 g/mol. The smallest absolute Gasteiger partial charge is 0.348 e. The molecule has 0 aromatic heterocycles. The van der Waals surface area contributed by atoms with Crippen molar-refractivity contribution in [2.45, 2.75) is 77.9 Å². The van der Waals surface area contributed by atoms with Crippen molar-refractivity contribution in [3.63, 3.8) is 0 Å². The third kappa shape index (κ3) is 51.1. The number of carbonyl (C=O) groups is 2. The third-order valence-electron chi connectivity index (χ3n) is 4.83. The Kier molecular flexibility index (Phi) is 105. The molecule has 7 heteroatoms. The maximum atomic E-state index is 12.4. The SMILES string of the molecule is C=C.C=C.C=C.C=C.C=C.C=C.C=C.C=C.C=C.C=C.CCCCCCCCCC(COC(=O)C(C)=C=O)(OC(=O)C(C)=C=O)Oc1ccccc1. The fourth-order valence-electron chi connectivity index (χ4n) is 2.92. The van der Waals surface area contributed by atoms with Crippen molar-refractivity contribution in [3.8, 4) is 5.75 Å². The second-order valence-electron chi connectivity index (χ2n) is 7.62. The fraction of sp³-hybridized carbons (Fsp3) is 0.289. The Bertz CT molecular complexity index is 959. The number of benzene rings is 1. The van der Waals surface area contributed by atoms with Gasteiger partial charge in [-0.15, -0.1) is 132 Å². The van der Waals surface area contributed by atoms with E-state index in [4.69, 9.17) is 14.2 Å². The van der Waals surface area contributed by atoms with Gasteiger partial charge >= 0.3 is 11.9 Å². The standard InChI is InChI=1S/C25H32O7.10C2H4/c1-4-5-6-7-8-9-13-16-25(32-24(29)21(3)18-27,19-30-23(28)20(2)17-26)31-22-14-11-10-12-15-22;10*1-2/h10-12,14-15H,4-9,13,16,19H2,1-3H3;10*1-2H2. The van der Waals surface area contributed by atoms with Gasteiger partial charge < -0.3 is 14.2 Å². The number of hydrogen-bond donors (Lipinski definition) is 0. The average molecular weight is 725 g/mol. The Morgan fingerprint density at radius 2 is 0.904 bits per heavy atom. The number of hydrogen-bond acceptors (Lipinski definition) is 7. The maximum absolute atomic E-state index is 12.4. The molecule has 1 atom stereocenters. The van der Waals surface area contributed by atoms with Crippen LogP contribution in [0.5, 0.6) is 5.75 Å². The van der Waals surface area contributed by atoms with Crippen molar-refractivity contribution in [3.05, 3.63) is 173 Å². The second kappa shape index (κ2) is 75.5. The minimum absolute atomic E-state index is 0.227. The van der Waals surface area contributed by atoms with Gasteiger partial charge in [-0.05, 0) is 32.4 Å². The van der Waals surface area contributed by atoms with Crippen molar-refractivity contribution >= 4 is 23.8 Å². The number of esters is 2. The van der Waals surface area contributed by atoms with Gasteiger partial charge in [0.1, 0.15) is 28.8 Å². The van der Waals surface area contributed by atoms with Crippen molar-refractivity contribution in [1.82, 2.24) is 0 Å². The fourth-order valence-corrected chi connectivity index (χ4v) is 2.92. The van der Waals surface area contributed by atoms with Crippen LogP contribution in [0, 0.1) is 0 Å². The number of rotatable bonds is 15. The van der Waals surface area contributed by atoms with E-state index in [9.17, 15) is 19.2 Å². The molecule has 7 nitrogen and oxygen atoms in total. The lowest BCUT2D eigenvalue weighted by Gasteiger charge is -2.33. The summed E-state index contributed by atoms with van der Waals surface area (Å²) in [6, 6.07) is 8.64. The summed E-state index contributed by atoms with van der Waals surface area (Å²) in [4.78, 5) is 46.1. The van der Waals surface area contributed by atoms with Gasteiger partial charge in [-0.25, -0.2) is 19.2 Å². The zero-order chi connectivity index (χ0) is 43.8. The summed E-state index contributed by atoms with van der Waals surface area (Å²) in [5, 5.41) is 0. The van der Waals surface area contributed by atoms with Gasteiger partial charge in [0.25, 0.3) is 5.79 Å². The van der Waals surface area contributed by atoms with Crippen molar-refractivity contribution in [2.75, 3.05) is 6.61 Å². The first-order chi connectivity index (χ1) is 25.4. The lowest BCUT2D eigenvalue weighted by Crippen LogP contribution is -2.46. The normalized spacial score (nSPS) is 8.13. The van der Waals surface area contributed by atoms with Crippen LogP contribution in [0.4, 0.5) is 0 Å². The Balaban J connectivity index is -0.0000000945. The molecule has 0 saturated carbocycles. The van der Waals surface area contributed by atoms with Gasteiger partial charge in [-0.3, -0.25) is 0 Å². The molecule has 1 aromatic rings. The molecule has 0 N–H and O–H groups in total. The van der Waals surface area contributed by atoms with E-state index in [1.165, 1.54) is 32.2 Å². The highest BCUT2D eigenvalue weighted by Crippen LogP contribution is 2.27. The first-order valence-electron chi connectivity index (χ1n) is 16.0. The van der Waals surface area contributed by atoms with E-state index in [1.54, 1.807) is 30.3 Å². The minimum atomic E-state index is -1.67. The molecule has 0 amide bonds. The Labute approximate surface area is 319 Å². The predicted molar refractivity (Wildman–Crippen MR) is 232 cm³/mol. The number of ether oxygens (including phenoxy) is 3. The quantitative estimate of drug-likeness (QED) is 0.0443. The van der Waals surface area contributed by atoms with Crippen LogP contribution < -0.4 is 4.74 Å². The van der Waals surface area contributed by atoms with Crippen LogP contribution in [0.25, 0.3) is 0 Å². The summed E-state index contributed by atoms with van der Waals surface area (Å²) in [6.07, 6.45) is 7.35. The molecule has 0 bridgehead atoms. The first kappa shape index (κ1) is 72.1. The summed E-state index contributed by atoms with van der Waals surface area (Å²) in [6.45, 7) is 64.3. The largest absolute Gasteiger partial charge is 0.453 e. The maximum Gasteiger partial charge on any atom is 0.348 e. The average Bonchev–Trinajstić information content (AvgIpc) is 3.26. The van der Waals surface area contributed by atoms with E-state index in [0.717, 1.165) is 32.1 Å². The number of para-hydroxylation sites is 1. The molecule has 294 valence electrons. The molecular formula is C45H72O7. The molecule has 0 aliphatic heterocycles. The van der Waals surface area contributed by atoms with Crippen molar-refractivity contribution < 1.29 is 33.4 Å². The van der Waals surface area contributed by atoms with E-state index in [-0.39, 0.29) is 17.6 Å². The van der Waals surface area contributed by atoms with Crippen LogP contribution in [0.3, 0.4) is 0 Å². The number of carbonyl (C=O) groups excluding carboxylic acids is 4. The summed E-state index contributed by atoms with van der Waals surface area (Å²) < 4.78 is 16.8. The highest BCUT2D eigenvalue weighted by Gasteiger charge is 2.39. The lowest BCUT2D eigenvalue weighted by atomic mass is 10.0. The summed E-state index contributed by atoms with van der Waals surface area (Å²) in [7, 11) is 0. The highest BCUT2D eigenvalue weighted by molar-refractivity contribution is 5.96. The van der Waals surface area contributed by atoms with Gasteiger partial charge in [0.15, 0.2) is 6.61 Å². The van der Waals surface area contributed by atoms with E-state index in [0.29, 0.717) is 12.2 Å². The van der Waals surface area contributed by atoms with Crippen LogP contribution >= 0.6 is 0 Å². The van der Waals surface area contributed by atoms with Crippen LogP contribution in [-0.2, 0) is 28.7 Å². The molecule has 0 radical (unpaired) electrons. The van der Waals surface area contributed by atoms with Crippen molar-refractivity contribution in [1.29, 1.82) is 0 Å². The van der Waals surface area contributed by atoms with Gasteiger partial charge in [0.05, 0.1) is 0 Å². The molecule has 1 unspecified atom stereocenters. The van der Waals surface area contributed by atoms with E-state index >= 15 is 0 Å². The minimum Gasteiger partial charge on any atom is -0.453 e. The van der Waals surface area contributed by atoms with Crippen molar-refractivity contribution in [2.24, 2.45) is 0 Å². The van der Waals surface area contributed by atoms with Crippen LogP contribution in [-0.4, -0.2) is 36.2 Å². The highest BCUT2D eigenvalue weighted by atomic mass is 16.7. The molecule has 0 saturated heterocycles. The molecule has 0 spiro atoms.